The van der Waals surface area contributed by atoms with Crippen molar-refractivity contribution in [2.75, 3.05) is 13.2 Å². The number of aromatic nitrogens is 4. The Morgan fingerprint density at radius 2 is 1.00 bits per heavy atom. The maximum atomic E-state index is 12.2. The van der Waals surface area contributed by atoms with Crippen LogP contribution in [-0.4, -0.2) is 104 Å². The molecule has 2 aliphatic heterocycles. The number of aliphatic hydroxyl groups excluding tert-OH is 4. The summed E-state index contributed by atoms with van der Waals surface area (Å²) in [7, 11) is -17.4. The second-order valence-corrected chi connectivity index (χ2v) is 13.9. The lowest BCUT2D eigenvalue weighted by molar-refractivity contribution is -0.0549. The summed E-state index contributed by atoms with van der Waals surface area (Å²) in [6, 6.07) is 1.79. The largest absolute Gasteiger partial charge is 0.490 e. The lowest BCUT2D eigenvalue weighted by Gasteiger charge is -2.21. The fourth-order valence-electron chi connectivity index (χ4n) is 4.11. The van der Waals surface area contributed by atoms with Crippen LogP contribution in [0.15, 0.2) is 43.7 Å². The number of nitrogens with zero attached hydrogens (tertiary/aromatic N) is 2. The van der Waals surface area contributed by atoms with Crippen LogP contribution in [0.4, 0.5) is 0 Å². The Morgan fingerprint density at radius 3 is 1.33 bits per heavy atom. The first-order chi connectivity index (χ1) is 20.8. The molecule has 2 aliphatic rings. The zero-order chi connectivity index (χ0) is 33.5. The average molecular weight is 710 g/mol. The first-order valence-electron chi connectivity index (χ1n) is 12.2. The molecule has 0 saturated carbocycles. The smallest absolute Gasteiger partial charge is 0.387 e. The molecule has 0 amide bonds. The number of H-pyrrole nitrogens is 2. The maximum Gasteiger partial charge on any atom is 0.490 e. The van der Waals surface area contributed by atoms with E-state index in [4.69, 9.17) is 9.47 Å². The Balaban J connectivity index is 1.31. The highest BCUT2D eigenvalue weighted by Gasteiger charge is 2.48. The SMILES string of the molecule is O=c1ccn([C@@H]2O[C@H](COP(=O)(O)OP(=O)(O)OP(=O)(O)OC[C@H]3O[C@@H](n4ccc(=O)[nH]c4=O)[C@H](O)[C@@H]3O)[C@@H](O)[C@H]2O)c(=O)[nH]1. The quantitative estimate of drug-likeness (QED) is 0.0940. The number of nitrogens with one attached hydrogen (secondary N) is 2. The molecule has 0 spiro atoms. The molecule has 252 valence electrons. The second kappa shape index (κ2) is 13.3. The van der Waals surface area contributed by atoms with Crippen LogP contribution < -0.4 is 22.5 Å². The summed E-state index contributed by atoms with van der Waals surface area (Å²) in [5.74, 6) is 0. The molecule has 24 nitrogen and oxygen atoms in total. The lowest BCUT2D eigenvalue weighted by atomic mass is 10.1. The van der Waals surface area contributed by atoms with Gasteiger partial charge in [-0.1, -0.05) is 0 Å². The molecule has 10 atom stereocenters. The van der Waals surface area contributed by atoms with E-state index < -0.39 is 108 Å². The molecular weight excluding hydrogens is 685 g/mol. The normalized spacial score (nSPS) is 32.5. The summed E-state index contributed by atoms with van der Waals surface area (Å²) in [6.45, 7) is -2.26. The molecule has 0 radical (unpaired) electrons. The summed E-state index contributed by atoms with van der Waals surface area (Å²) in [5.41, 5.74) is -3.65. The van der Waals surface area contributed by atoms with Crippen LogP contribution in [0.3, 0.4) is 0 Å². The van der Waals surface area contributed by atoms with Crippen molar-refractivity contribution in [2.45, 2.75) is 49.1 Å². The maximum absolute atomic E-state index is 12.2. The number of hydrogen-bond acceptors (Lipinski definition) is 17. The third-order valence-corrected chi connectivity index (χ3v) is 10.4. The van der Waals surface area contributed by atoms with Gasteiger partial charge in [-0.05, 0) is 0 Å². The monoisotopic (exact) mass is 710 g/mol. The summed E-state index contributed by atoms with van der Waals surface area (Å²) in [4.78, 5) is 79.5. The van der Waals surface area contributed by atoms with Gasteiger partial charge in [-0.15, -0.1) is 0 Å². The van der Waals surface area contributed by atoms with Crippen molar-refractivity contribution in [3.05, 3.63) is 66.2 Å². The van der Waals surface area contributed by atoms with Crippen LogP contribution in [0, 0.1) is 0 Å². The van der Waals surface area contributed by atoms with Crippen molar-refractivity contribution >= 4 is 23.5 Å². The molecule has 2 aromatic rings. The third-order valence-electron chi connectivity index (χ3n) is 6.14. The Hall–Kier alpha value is -2.47. The molecule has 0 aliphatic carbocycles. The highest BCUT2D eigenvalue weighted by atomic mass is 31.3. The Bertz CT molecular complexity index is 1650. The van der Waals surface area contributed by atoms with E-state index in [2.05, 4.69) is 17.7 Å². The summed E-state index contributed by atoms with van der Waals surface area (Å²) in [5, 5.41) is 40.7. The molecule has 0 aromatic carbocycles. The number of hydrogen-bond donors (Lipinski definition) is 9. The number of rotatable bonds is 12. The van der Waals surface area contributed by atoms with E-state index in [1.54, 1.807) is 0 Å². The topological polar surface area (TPSA) is 358 Å². The summed E-state index contributed by atoms with van der Waals surface area (Å²) in [6.07, 6.45) is -12.1. The van der Waals surface area contributed by atoms with Gasteiger partial charge in [-0.2, -0.15) is 8.62 Å². The van der Waals surface area contributed by atoms with E-state index in [1.807, 2.05) is 9.97 Å². The van der Waals surface area contributed by atoms with E-state index in [0.717, 1.165) is 24.5 Å². The Kier molecular flexibility index (Phi) is 10.5. The zero-order valence-corrected chi connectivity index (χ0v) is 24.7. The van der Waals surface area contributed by atoms with Gasteiger partial charge in [0.25, 0.3) is 11.1 Å². The van der Waals surface area contributed by atoms with Gasteiger partial charge in [-0.3, -0.25) is 37.7 Å². The minimum absolute atomic E-state index is 0.679. The number of aliphatic hydroxyl groups is 4. The summed E-state index contributed by atoms with van der Waals surface area (Å²) < 4.78 is 65.2. The van der Waals surface area contributed by atoms with Crippen LogP contribution >= 0.6 is 23.5 Å². The average Bonchev–Trinajstić information content (AvgIpc) is 3.35. The number of ether oxygens (including phenoxy) is 2. The predicted molar refractivity (Wildman–Crippen MR) is 138 cm³/mol. The van der Waals surface area contributed by atoms with Crippen LogP contribution in [0.25, 0.3) is 0 Å². The van der Waals surface area contributed by atoms with Crippen LogP contribution in [-0.2, 0) is 40.8 Å². The van der Waals surface area contributed by atoms with Crippen molar-refractivity contribution in [2.24, 2.45) is 0 Å². The minimum Gasteiger partial charge on any atom is -0.387 e. The molecule has 2 saturated heterocycles. The number of phosphoric acid groups is 3. The predicted octanol–water partition coefficient (Wildman–Crippen LogP) is -4.31. The number of aromatic amines is 2. The molecule has 2 fully saturated rings. The van der Waals surface area contributed by atoms with Crippen molar-refractivity contribution in [1.82, 2.24) is 19.1 Å². The molecular formula is C18H25N4O20P3. The van der Waals surface area contributed by atoms with Crippen LogP contribution in [0.5, 0.6) is 0 Å². The van der Waals surface area contributed by atoms with E-state index in [0.29, 0.717) is 9.13 Å². The first kappa shape index (κ1) is 35.4. The van der Waals surface area contributed by atoms with Gasteiger partial charge in [0, 0.05) is 24.5 Å². The molecule has 45 heavy (non-hydrogen) atoms. The van der Waals surface area contributed by atoms with Crippen molar-refractivity contribution in [3.8, 4) is 0 Å². The molecule has 4 heterocycles. The summed E-state index contributed by atoms with van der Waals surface area (Å²) >= 11 is 0. The fourth-order valence-corrected chi connectivity index (χ4v) is 7.63. The highest BCUT2D eigenvalue weighted by molar-refractivity contribution is 7.66. The third kappa shape index (κ3) is 8.47. The van der Waals surface area contributed by atoms with Crippen molar-refractivity contribution in [3.63, 3.8) is 0 Å². The van der Waals surface area contributed by atoms with Gasteiger partial charge < -0.3 is 44.6 Å². The van der Waals surface area contributed by atoms with Gasteiger partial charge in [0.1, 0.15) is 36.6 Å². The van der Waals surface area contributed by atoms with E-state index in [9.17, 15) is 68.0 Å². The van der Waals surface area contributed by atoms with Crippen molar-refractivity contribution < 1.29 is 75.9 Å². The lowest BCUT2D eigenvalue weighted by Crippen LogP contribution is -2.37. The van der Waals surface area contributed by atoms with Gasteiger partial charge in [0.2, 0.25) is 0 Å². The molecule has 9 N–H and O–H groups in total. The van der Waals surface area contributed by atoms with E-state index in [-0.39, 0.29) is 0 Å². The highest BCUT2D eigenvalue weighted by Crippen LogP contribution is 2.67. The second-order valence-electron chi connectivity index (χ2n) is 9.29. The minimum atomic E-state index is -6.00. The van der Waals surface area contributed by atoms with E-state index >= 15 is 0 Å². The molecule has 4 rings (SSSR count). The fraction of sp³-hybridized carbons (Fsp3) is 0.556. The van der Waals surface area contributed by atoms with Gasteiger partial charge in [-0.25, -0.2) is 23.3 Å². The zero-order valence-electron chi connectivity index (χ0n) is 22.0. The molecule has 2 aromatic heterocycles. The van der Waals surface area contributed by atoms with Crippen molar-refractivity contribution in [1.29, 1.82) is 0 Å². The number of phosphoric ester groups is 2. The van der Waals surface area contributed by atoms with Gasteiger partial charge >= 0.3 is 34.8 Å². The Morgan fingerprint density at radius 1 is 0.644 bits per heavy atom. The standard InChI is InChI=1S/C18H25N4O20P3/c23-9-1-3-21(17(29)19-9)15-13(27)11(25)7(39-15)5-37-43(31,32)41-45(35,36)42-44(33,34)38-6-8-12(26)14(28)16(40-8)22-4-2-10(24)20-18(22)30/h1-4,7-8,11-16,25-28H,5-6H2,(H,31,32)(H,33,34)(H,35,36)(H,19,23,29)(H,20,24,30)/t7-,8-,11-,12-,13-,14-,15-,16-/m1/s1. The van der Waals surface area contributed by atoms with E-state index in [1.165, 1.54) is 0 Å². The first-order valence-corrected chi connectivity index (χ1v) is 16.6. The van der Waals surface area contributed by atoms with Gasteiger partial charge in [0.05, 0.1) is 13.2 Å². The molecule has 0 bridgehead atoms. The van der Waals surface area contributed by atoms with Gasteiger partial charge in [0.15, 0.2) is 12.5 Å². The molecule has 27 heteroatoms. The van der Waals surface area contributed by atoms with Crippen LogP contribution in [0.2, 0.25) is 0 Å². The molecule has 2 unspecified atom stereocenters. The van der Waals surface area contributed by atoms with Crippen LogP contribution in [0.1, 0.15) is 12.5 Å². The Labute approximate surface area is 247 Å².